The molecule has 0 bridgehead atoms. The van der Waals surface area contributed by atoms with Crippen LogP contribution in [0.3, 0.4) is 0 Å². The number of carbonyl (C=O) groups is 1. The van der Waals surface area contributed by atoms with Crippen LogP contribution in [0.1, 0.15) is 39.0 Å². The molecule has 0 aromatic rings. The van der Waals surface area contributed by atoms with Gasteiger partial charge < -0.3 is 10.6 Å². The first-order valence-corrected chi connectivity index (χ1v) is 7.47. The zero-order valence-corrected chi connectivity index (χ0v) is 11.8. The largest absolute Gasteiger partial charge is 0.392 e. The monoisotopic (exact) mass is 292 g/mol. The summed E-state index contributed by atoms with van der Waals surface area (Å²) >= 11 is 0. The molecule has 6 heteroatoms. The van der Waals surface area contributed by atoms with E-state index in [1.807, 2.05) is 6.92 Å². The third-order valence-corrected chi connectivity index (χ3v) is 4.64. The van der Waals surface area contributed by atoms with Crippen molar-refractivity contribution in [2.24, 2.45) is 17.8 Å². The predicted molar refractivity (Wildman–Crippen MR) is 70.1 cm³/mol. The van der Waals surface area contributed by atoms with Crippen LogP contribution in [0.2, 0.25) is 0 Å². The van der Waals surface area contributed by atoms with Gasteiger partial charge in [-0.05, 0) is 38.3 Å². The quantitative estimate of drug-likeness (QED) is 0.821. The fraction of sp³-hybridized carbons (Fsp3) is 0.929. The lowest BCUT2D eigenvalue weighted by Gasteiger charge is -2.35. The molecule has 116 valence electrons. The molecule has 1 amide bonds. The van der Waals surface area contributed by atoms with Gasteiger partial charge in [0.25, 0.3) is 0 Å². The summed E-state index contributed by atoms with van der Waals surface area (Å²) in [6.45, 7) is 3.63. The van der Waals surface area contributed by atoms with E-state index in [0.29, 0.717) is 19.3 Å². The Labute approximate surface area is 117 Å². The molecule has 0 spiro atoms. The Hall–Kier alpha value is -0.780. The number of halogens is 3. The Morgan fingerprint density at radius 2 is 1.90 bits per heavy atom. The normalized spacial score (nSPS) is 35.6. The topological polar surface area (TPSA) is 41.1 Å². The van der Waals surface area contributed by atoms with Crippen molar-refractivity contribution in [1.82, 2.24) is 10.6 Å². The van der Waals surface area contributed by atoms with Gasteiger partial charge in [-0.25, -0.2) is 0 Å². The van der Waals surface area contributed by atoms with E-state index >= 15 is 0 Å². The Kier molecular flexibility index (Phi) is 4.94. The van der Waals surface area contributed by atoms with E-state index in [0.717, 1.165) is 19.5 Å². The lowest BCUT2D eigenvalue weighted by Crippen LogP contribution is -2.52. The summed E-state index contributed by atoms with van der Waals surface area (Å²) in [6.07, 6.45) is -1.75. The molecule has 1 saturated heterocycles. The maximum Gasteiger partial charge on any atom is 0.392 e. The Morgan fingerprint density at radius 3 is 2.55 bits per heavy atom. The average molecular weight is 292 g/mol. The highest BCUT2D eigenvalue weighted by molar-refractivity contribution is 5.79. The van der Waals surface area contributed by atoms with Gasteiger partial charge in [-0.15, -0.1) is 0 Å². The number of amides is 1. The highest BCUT2D eigenvalue weighted by Gasteiger charge is 2.48. The van der Waals surface area contributed by atoms with Crippen molar-refractivity contribution in [1.29, 1.82) is 0 Å². The maximum atomic E-state index is 13.0. The minimum Gasteiger partial charge on any atom is -0.353 e. The van der Waals surface area contributed by atoms with Crippen LogP contribution in [0.15, 0.2) is 0 Å². The number of hydrogen-bond acceptors (Lipinski definition) is 2. The van der Waals surface area contributed by atoms with E-state index in [2.05, 4.69) is 10.6 Å². The first-order chi connectivity index (χ1) is 9.39. The van der Waals surface area contributed by atoms with Crippen molar-refractivity contribution in [2.45, 2.75) is 51.2 Å². The van der Waals surface area contributed by atoms with Crippen molar-refractivity contribution >= 4 is 5.91 Å². The molecule has 0 radical (unpaired) electrons. The molecule has 4 atom stereocenters. The predicted octanol–water partition coefficient (Wildman–Crippen LogP) is 2.47. The summed E-state index contributed by atoms with van der Waals surface area (Å²) in [4.78, 5) is 12.2. The summed E-state index contributed by atoms with van der Waals surface area (Å²) in [5.41, 5.74) is 0. The van der Waals surface area contributed by atoms with Crippen molar-refractivity contribution in [3.05, 3.63) is 0 Å². The number of carbonyl (C=O) groups excluding carboxylic acids is 1. The first-order valence-electron chi connectivity index (χ1n) is 7.47. The van der Waals surface area contributed by atoms with E-state index in [-0.39, 0.29) is 18.4 Å². The molecule has 1 saturated carbocycles. The number of alkyl halides is 3. The molecule has 1 heterocycles. The van der Waals surface area contributed by atoms with Crippen LogP contribution < -0.4 is 10.6 Å². The maximum absolute atomic E-state index is 13.0. The van der Waals surface area contributed by atoms with E-state index < -0.39 is 23.9 Å². The molecule has 2 fully saturated rings. The van der Waals surface area contributed by atoms with Crippen molar-refractivity contribution in [3.8, 4) is 0 Å². The molecule has 2 rings (SSSR count). The van der Waals surface area contributed by atoms with Crippen LogP contribution in [-0.4, -0.2) is 31.2 Å². The molecular formula is C14H23F3N2O. The minimum atomic E-state index is -4.26. The average Bonchev–Trinajstić information content (AvgIpc) is 2.40. The molecule has 1 aliphatic carbocycles. The summed E-state index contributed by atoms with van der Waals surface area (Å²) in [5.74, 6) is -2.49. The van der Waals surface area contributed by atoms with Crippen LogP contribution >= 0.6 is 0 Å². The minimum absolute atomic E-state index is 0.000407. The molecule has 0 aromatic carbocycles. The van der Waals surface area contributed by atoms with Gasteiger partial charge in [0.15, 0.2) is 0 Å². The summed E-state index contributed by atoms with van der Waals surface area (Å²) < 4.78 is 39.1. The Morgan fingerprint density at radius 1 is 1.20 bits per heavy atom. The lowest BCUT2D eigenvalue weighted by atomic mass is 9.78. The van der Waals surface area contributed by atoms with E-state index in [4.69, 9.17) is 0 Å². The molecule has 4 unspecified atom stereocenters. The number of nitrogens with one attached hydrogen (secondary N) is 2. The fourth-order valence-corrected chi connectivity index (χ4v) is 3.35. The first kappa shape index (κ1) is 15.6. The molecule has 3 nitrogen and oxygen atoms in total. The highest BCUT2D eigenvalue weighted by atomic mass is 19.4. The Balaban J connectivity index is 1.99. The van der Waals surface area contributed by atoms with Crippen molar-refractivity contribution in [3.63, 3.8) is 0 Å². The number of hydrogen-bond donors (Lipinski definition) is 2. The van der Waals surface area contributed by atoms with Gasteiger partial charge in [-0.1, -0.05) is 19.8 Å². The van der Waals surface area contributed by atoms with Gasteiger partial charge >= 0.3 is 6.18 Å². The zero-order chi connectivity index (χ0) is 14.8. The number of rotatable bonds is 2. The molecule has 2 N–H and O–H groups in total. The summed E-state index contributed by atoms with van der Waals surface area (Å²) in [7, 11) is 0. The lowest BCUT2D eigenvalue weighted by molar-refractivity contribution is -0.198. The molecular weight excluding hydrogens is 269 g/mol. The molecule has 20 heavy (non-hydrogen) atoms. The van der Waals surface area contributed by atoms with Crippen LogP contribution in [0.4, 0.5) is 13.2 Å². The second kappa shape index (κ2) is 6.33. The van der Waals surface area contributed by atoms with Crippen LogP contribution in [0.25, 0.3) is 0 Å². The van der Waals surface area contributed by atoms with Gasteiger partial charge in [-0.3, -0.25) is 4.79 Å². The van der Waals surface area contributed by atoms with Gasteiger partial charge in [-0.2, -0.15) is 13.2 Å². The van der Waals surface area contributed by atoms with E-state index in [1.165, 1.54) is 0 Å². The van der Waals surface area contributed by atoms with Crippen LogP contribution in [0, 0.1) is 17.8 Å². The standard InChI is InChI=1S/C14H23F3N2O/c1-9-8-18-7-6-12(9)19-13(20)10-4-2-3-5-11(10)14(15,16)17/h9-12,18H,2-8H2,1H3,(H,19,20). The van der Waals surface area contributed by atoms with Crippen LogP contribution in [0.5, 0.6) is 0 Å². The smallest absolute Gasteiger partial charge is 0.353 e. The molecule has 1 aliphatic heterocycles. The van der Waals surface area contributed by atoms with Crippen molar-refractivity contribution in [2.75, 3.05) is 13.1 Å². The molecule has 2 aliphatic rings. The van der Waals surface area contributed by atoms with Gasteiger partial charge in [0.1, 0.15) is 0 Å². The van der Waals surface area contributed by atoms with Gasteiger partial charge in [0, 0.05) is 12.0 Å². The highest BCUT2D eigenvalue weighted by Crippen LogP contribution is 2.41. The number of piperidine rings is 1. The van der Waals surface area contributed by atoms with E-state index in [1.54, 1.807) is 0 Å². The SMILES string of the molecule is CC1CNCCC1NC(=O)C1CCCCC1C(F)(F)F. The van der Waals surface area contributed by atoms with Crippen molar-refractivity contribution < 1.29 is 18.0 Å². The van der Waals surface area contributed by atoms with E-state index in [9.17, 15) is 18.0 Å². The summed E-state index contributed by atoms with van der Waals surface area (Å²) in [6, 6.07) is -0.000407. The van der Waals surface area contributed by atoms with Gasteiger partial charge in [0.05, 0.1) is 5.92 Å². The second-order valence-electron chi connectivity index (χ2n) is 6.12. The van der Waals surface area contributed by atoms with Crippen LogP contribution in [-0.2, 0) is 4.79 Å². The summed E-state index contributed by atoms with van der Waals surface area (Å²) in [5, 5.41) is 6.08. The second-order valence-corrected chi connectivity index (χ2v) is 6.12. The Bertz CT molecular complexity index is 346. The zero-order valence-electron chi connectivity index (χ0n) is 11.8. The third kappa shape index (κ3) is 3.65. The molecule has 0 aromatic heterocycles. The third-order valence-electron chi connectivity index (χ3n) is 4.64. The fourth-order valence-electron chi connectivity index (χ4n) is 3.35. The van der Waals surface area contributed by atoms with Gasteiger partial charge in [0.2, 0.25) is 5.91 Å².